The Morgan fingerprint density at radius 1 is 1.24 bits per heavy atom. The van der Waals surface area contributed by atoms with Crippen LogP contribution < -0.4 is 5.23 Å². The smallest absolute Gasteiger partial charge is 0.338 e. The van der Waals surface area contributed by atoms with Crippen molar-refractivity contribution < 1.29 is 33.8 Å². The van der Waals surface area contributed by atoms with E-state index in [2.05, 4.69) is 6.92 Å². The Morgan fingerprint density at radius 3 is 2.58 bits per heavy atom. The number of hydrogen-bond donors (Lipinski definition) is 1. The van der Waals surface area contributed by atoms with Crippen LogP contribution in [0.15, 0.2) is 35.9 Å². The predicted octanol–water partition coefficient (Wildman–Crippen LogP) is 3.39. The molecular formula is C24H28NO8-. The van der Waals surface area contributed by atoms with Gasteiger partial charge < -0.3 is 24.6 Å². The van der Waals surface area contributed by atoms with Gasteiger partial charge in [0.25, 0.3) is 0 Å². The maximum atomic E-state index is 13.0. The second-order valence-electron chi connectivity index (χ2n) is 9.73. The van der Waals surface area contributed by atoms with Crippen LogP contribution >= 0.6 is 0 Å². The molecule has 5 atom stereocenters. The number of rotatable bonds is 5. The highest BCUT2D eigenvalue weighted by Gasteiger charge is 2.61. The van der Waals surface area contributed by atoms with E-state index in [9.17, 15) is 19.6 Å². The number of ether oxygens (including phenoxy) is 3. The van der Waals surface area contributed by atoms with Crippen LogP contribution in [0.4, 0.5) is 5.69 Å². The zero-order valence-corrected chi connectivity index (χ0v) is 18.9. The Morgan fingerprint density at radius 2 is 1.94 bits per heavy atom. The minimum Gasteiger partial charge on any atom is -0.733 e. The fourth-order valence-corrected chi connectivity index (χ4v) is 6.07. The average Bonchev–Trinajstić information content (AvgIpc) is 3.14. The van der Waals surface area contributed by atoms with Gasteiger partial charge in [-0.05, 0) is 48.6 Å². The topological polar surface area (TPSA) is 125 Å². The third-order valence-electron chi connectivity index (χ3n) is 7.56. The number of anilines is 1. The molecule has 1 saturated heterocycles. The number of nitrogens with zero attached hydrogens (tertiary/aromatic N) is 1. The zero-order chi connectivity index (χ0) is 24.0. The summed E-state index contributed by atoms with van der Waals surface area (Å²) in [6, 6.07) is 5.39. The van der Waals surface area contributed by atoms with Gasteiger partial charge in [0.2, 0.25) is 0 Å². The summed E-state index contributed by atoms with van der Waals surface area (Å²) in [5.41, 5.74) is -0.147. The van der Waals surface area contributed by atoms with Gasteiger partial charge in [-0.25, -0.2) is 9.59 Å². The lowest BCUT2D eigenvalue weighted by Gasteiger charge is -2.57. The number of fused-ring (bicyclic) bond motifs is 3. The highest BCUT2D eigenvalue weighted by Crippen LogP contribution is 2.61. The first-order valence-corrected chi connectivity index (χ1v) is 11.0. The van der Waals surface area contributed by atoms with Gasteiger partial charge in [-0.1, -0.05) is 20.3 Å². The van der Waals surface area contributed by atoms with Crippen molar-refractivity contribution in [1.29, 1.82) is 0 Å². The van der Waals surface area contributed by atoms with Gasteiger partial charge in [-0.15, -0.1) is 0 Å². The van der Waals surface area contributed by atoms with E-state index >= 15 is 0 Å². The molecule has 2 fully saturated rings. The molecule has 0 amide bonds. The third-order valence-corrected chi connectivity index (χ3v) is 7.56. The molecule has 0 spiro atoms. The van der Waals surface area contributed by atoms with E-state index in [1.807, 2.05) is 6.92 Å². The maximum Gasteiger partial charge on any atom is 0.338 e. The lowest BCUT2D eigenvalue weighted by Crippen LogP contribution is -2.57. The van der Waals surface area contributed by atoms with Crippen molar-refractivity contribution in [3.63, 3.8) is 0 Å². The van der Waals surface area contributed by atoms with Crippen molar-refractivity contribution in [2.75, 3.05) is 18.4 Å². The fourth-order valence-electron chi connectivity index (χ4n) is 6.07. The van der Waals surface area contributed by atoms with Crippen molar-refractivity contribution >= 4 is 23.6 Å². The Hall–Kier alpha value is -2.91. The average molecular weight is 458 g/mol. The monoisotopic (exact) mass is 458 g/mol. The number of carbonyl (C=O) groups excluding carboxylic acids is 3. The number of cyclic esters (lactones) is 1. The third kappa shape index (κ3) is 4.11. The first kappa shape index (κ1) is 23.3. The predicted molar refractivity (Wildman–Crippen MR) is 116 cm³/mol. The van der Waals surface area contributed by atoms with E-state index in [0.29, 0.717) is 5.57 Å². The second-order valence-corrected chi connectivity index (χ2v) is 9.73. The SMILES string of the molecule is CC(=O)OCC1(C)CCCC2(C)C3COC(=O)C3=CC(OC(=O)c3ccc(N([O-])O)cc3)C12. The van der Waals surface area contributed by atoms with Crippen molar-refractivity contribution in [1.82, 2.24) is 0 Å². The molecule has 0 radical (unpaired) electrons. The molecule has 1 aliphatic heterocycles. The molecule has 2 aliphatic carbocycles. The summed E-state index contributed by atoms with van der Waals surface area (Å²) in [5.74, 6) is -1.71. The Balaban J connectivity index is 1.69. The molecule has 178 valence electrons. The van der Waals surface area contributed by atoms with Gasteiger partial charge in [0.05, 0.1) is 24.5 Å². The van der Waals surface area contributed by atoms with E-state index in [1.54, 1.807) is 6.08 Å². The summed E-state index contributed by atoms with van der Waals surface area (Å²) < 4.78 is 16.7. The minimum absolute atomic E-state index is 0.0170. The maximum absolute atomic E-state index is 13.0. The lowest BCUT2D eigenvalue weighted by molar-refractivity contribution is -0.159. The van der Waals surface area contributed by atoms with E-state index in [-0.39, 0.29) is 47.5 Å². The molecule has 1 aromatic rings. The van der Waals surface area contributed by atoms with Gasteiger partial charge in [0.15, 0.2) is 0 Å². The number of esters is 3. The van der Waals surface area contributed by atoms with E-state index in [1.165, 1.54) is 31.2 Å². The van der Waals surface area contributed by atoms with Crippen LogP contribution in [0.5, 0.6) is 0 Å². The molecule has 9 nitrogen and oxygen atoms in total. The normalized spacial score (nSPS) is 32.7. The Labute approximate surface area is 191 Å². The summed E-state index contributed by atoms with van der Waals surface area (Å²) in [6.07, 6.45) is 3.46. The molecule has 0 aromatic heterocycles. The van der Waals surface area contributed by atoms with Crippen LogP contribution in [0.3, 0.4) is 0 Å². The largest absolute Gasteiger partial charge is 0.733 e. The van der Waals surface area contributed by atoms with Crippen molar-refractivity contribution in [2.45, 2.75) is 46.1 Å². The molecule has 1 aromatic carbocycles. The van der Waals surface area contributed by atoms with Crippen LogP contribution in [0, 0.1) is 27.9 Å². The minimum atomic E-state index is -0.728. The highest BCUT2D eigenvalue weighted by molar-refractivity contribution is 5.92. The fraction of sp³-hybridized carbons (Fsp3) is 0.542. The lowest BCUT2D eigenvalue weighted by atomic mass is 9.48. The Bertz CT molecular complexity index is 987. The van der Waals surface area contributed by atoms with Gasteiger partial charge in [-0.2, -0.15) is 0 Å². The van der Waals surface area contributed by atoms with Crippen LogP contribution in [-0.4, -0.2) is 42.4 Å². The molecule has 1 N–H and O–H groups in total. The number of benzene rings is 1. The van der Waals surface area contributed by atoms with Crippen LogP contribution in [0.2, 0.25) is 0 Å². The number of carbonyl (C=O) groups is 3. The molecule has 4 rings (SSSR count). The summed E-state index contributed by atoms with van der Waals surface area (Å²) >= 11 is 0. The van der Waals surface area contributed by atoms with Crippen molar-refractivity contribution in [3.05, 3.63) is 46.7 Å². The first-order valence-electron chi connectivity index (χ1n) is 11.0. The molecule has 1 saturated carbocycles. The summed E-state index contributed by atoms with van der Waals surface area (Å²) in [4.78, 5) is 37.0. The van der Waals surface area contributed by atoms with Crippen LogP contribution in [0.25, 0.3) is 0 Å². The molecule has 1 heterocycles. The van der Waals surface area contributed by atoms with E-state index in [0.717, 1.165) is 19.3 Å². The second kappa shape index (κ2) is 8.46. The van der Waals surface area contributed by atoms with E-state index < -0.39 is 28.9 Å². The van der Waals surface area contributed by atoms with E-state index in [4.69, 9.17) is 19.4 Å². The molecular weight excluding hydrogens is 430 g/mol. The first-order chi connectivity index (χ1) is 15.5. The summed E-state index contributed by atoms with van der Waals surface area (Å²) in [5, 5.41) is 19.7. The van der Waals surface area contributed by atoms with Crippen LogP contribution in [-0.2, 0) is 23.8 Å². The Kier molecular flexibility index (Phi) is 5.96. The quantitative estimate of drug-likeness (QED) is 0.401. The molecule has 33 heavy (non-hydrogen) atoms. The molecule has 0 bridgehead atoms. The zero-order valence-electron chi connectivity index (χ0n) is 18.9. The van der Waals surface area contributed by atoms with Crippen molar-refractivity contribution in [2.24, 2.45) is 22.7 Å². The van der Waals surface area contributed by atoms with Crippen molar-refractivity contribution in [3.8, 4) is 0 Å². The van der Waals surface area contributed by atoms with Gasteiger partial charge in [0.1, 0.15) is 6.10 Å². The summed E-state index contributed by atoms with van der Waals surface area (Å²) in [6.45, 7) is 5.98. The van der Waals surface area contributed by atoms with Crippen LogP contribution in [0.1, 0.15) is 50.4 Å². The standard InChI is InChI=1S/C24H28NO8/c1-14(26)32-13-23(2)9-4-10-24(3)18-12-31-22(28)17(18)11-19(20(23)24)33-21(27)15-5-7-16(8-6-15)25(29)30/h5-8,11,18-20,29H,4,9-10,12-13H2,1-3H3/q-1. The molecule has 5 unspecified atom stereocenters. The summed E-state index contributed by atoms with van der Waals surface area (Å²) in [7, 11) is 0. The highest BCUT2D eigenvalue weighted by atomic mass is 16.8. The van der Waals surface area contributed by atoms with Gasteiger partial charge in [0, 0.05) is 29.7 Å². The molecule has 9 heteroatoms. The van der Waals surface area contributed by atoms with Gasteiger partial charge in [-0.3, -0.25) is 10.0 Å². The number of hydrogen-bond acceptors (Lipinski definition) is 9. The van der Waals surface area contributed by atoms with Gasteiger partial charge >= 0.3 is 17.9 Å². The molecule has 3 aliphatic rings.